The predicted octanol–water partition coefficient (Wildman–Crippen LogP) is 2.17. The first-order chi connectivity index (χ1) is 9.32. The van der Waals surface area contributed by atoms with Crippen molar-refractivity contribution in [1.29, 1.82) is 0 Å². The van der Waals surface area contributed by atoms with Gasteiger partial charge in [0.15, 0.2) is 0 Å². The highest BCUT2D eigenvalue weighted by Crippen LogP contribution is 2.31. The summed E-state index contributed by atoms with van der Waals surface area (Å²) in [6.07, 6.45) is 1.84. The molecule has 0 saturated carbocycles. The zero-order valence-electron chi connectivity index (χ0n) is 10.8. The van der Waals surface area contributed by atoms with Crippen LogP contribution in [0.5, 0.6) is 5.75 Å². The molecular weight excluding hydrogens is 260 g/mol. The summed E-state index contributed by atoms with van der Waals surface area (Å²) in [7, 11) is 1.68. The van der Waals surface area contributed by atoms with Crippen molar-refractivity contribution in [2.75, 3.05) is 20.3 Å². The van der Waals surface area contributed by atoms with Crippen molar-refractivity contribution in [1.82, 2.24) is 10.3 Å². The molecule has 100 valence electrons. The van der Waals surface area contributed by atoms with Gasteiger partial charge in [-0.3, -0.25) is 5.32 Å². The SMILES string of the molecule is COc1ccc(CNC2(c3nccs3)COC2)cc1. The third-order valence-electron chi connectivity index (χ3n) is 3.33. The van der Waals surface area contributed by atoms with Gasteiger partial charge in [0, 0.05) is 18.1 Å². The minimum absolute atomic E-state index is 0.103. The van der Waals surface area contributed by atoms with E-state index in [9.17, 15) is 0 Å². The number of rotatable bonds is 5. The van der Waals surface area contributed by atoms with E-state index < -0.39 is 0 Å². The number of thiazole rings is 1. The molecule has 1 aliphatic heterocycles. The van der Waals surface area contributed by atoms with Crippen LogP contribution in [0.1, 0.15) is 10.6 Å². The van der Waals surface area contributed by atoms with E-state index in [-0.39, 0.29) is 5.54 Å². The van der Waals surface area contributed by atoms with Crippen molar-refractivity contribution in [3.63, 3.8) is 0 Å². The van der Waals surface area contributed by atoms with Crippen LogP contribution in [0, 0.1) is 0 Å². The molecule has 1 aromatic heterocycles. The Morgan fingerprint density at radius 1 is 1.37 bits per heavy atom. The number of nitrogens with one attached hydrogen (secondary N) is 1. The third-order valence-corrected chi connectivity index (χ3v) is 4.31. The van der Waals surface area contributed by atoms with Gasteiger partial charge >= 0.3 is 0 Å². The quantitative estimate of drug-likeness (QED) is 0.909. The van der Waals surface area contributed by atoms with Crippen LogP contribution < -0.4 is 10.1 Å². The lowest BCUT2D eigenvalue weighted by Crippen LogP contribution is -2.57. The molecule has 0 bridgehead atoms. The van der Waals surface area contributed by atoms with Gasteiger partial charge in [-0.15, -0.1) is 11.3 Å². The van der Waals surface area contributed by atoms with E-state index in [1.165, 1.54) is 5.56 Å². The van der Waals surface area contributed by atoms with E-state index in [1.54, 1.807) is 18.4 Å². The topological polar surface area (TPSA) is 43.4 Å². The van der Waals surface area contributed by atoms with E-state index in [0.29, 0.717) is 13.2 Å². The van der Waals surface area contributed by atoms with Crippen LogP contribution in [0.15, 0.2) is 35.8 Å². The molecule has 1 aliphatic rings. The third kappa shape index (κ3) is 2.49. The molecule has 0 atom stereocenters. The number of benzene rings is 1. The molecule has 5 heteroatoms. The molecule has 1 fully saturated rings. The molecule has 0 amide bonds. The van der Waals surface area contributed by atoms with Gasteiger partial charge in [-0.1, -0.05) is 12.1 Å². The van der Waals surface area contributed by atoms with Gasteiger partial charge in [0.05, 0.1) is 20.3 Å². The van der Waals surface area contributed by atoms with Crippen LogP contribution >= 0.6 is 11.3 Å². The Hall–Kier alpha value is -1.43. The Balaban J connectivity index is 1.67. The highest BCUT2D eigenvalue weighted by molar-refractivity contribution is 7.09. The molecule has 1 aromatic carbocycles. The minimum atomic E-state index is -0.103. The number of methoxy groups -OCH3 is 1. The predicted molar refractivity (Wildman–Crippen MR) is 74.4 cm³/mol. The summed E-state index contributed by atoms with van der Waals surface area (Å²) in [6, 6.07) is 8.09. The lowest BCUT2D eigenvalue weighted by molar-refractivity contribution is -0.0796. The molecule has 0 spiro atoms. The van der Waals surface area contributed by atoms with Crippen molar-refractivity contribution in [2.24, 2.45) is 0 Å². The van der Waals surface area contributed by atoms with Crippen molar-refractivity contribution >= 4 is 11.3 Å². The Morgan fingerprint density at radius 2 is 2.16 bits per heavy atom. The number of hydrogen-bond donors (Lipinski definition) is 1. The summed E-state index contributed by atoms with van der Waals surface area (Å²) in [4.78, 5) is 4.41. The summed E-state index contributed by atoms with van der Waals surface area (Å²) in [6.45, 7) is 2.18. The van der Waals surface area contributed by atoms with Crippen LogP contribution in [0.25, 0.3) is 0 Å². The van der Waals surface area contributed by atoms with Crippen LogP contribution in [0.4, 0.5) is 0 Å². The Kier molecular flexibility index (Phi) is 3.50. The number of nitrogens with zero attached hydrogens (tertiary/aromatic N) is 1. The van der Waals surface area contributed by atoms with E-state index in [0.717, 1.165) is 17.3 Å². The van der Waals surface area contributed by atoms with Crippen molar-refractivity contribution in [3.05, 3.63) is 46.4 Å². The second-order valence-corrected chi connectivity index (χ2v) is 5.51. The van der Waals surface area contributed by atoms with E-state index in [4.69, 9.17) is 9.47 Å². The summed E-state index contributed by atoms with van der Waals surface area (Å²) >= 11 is 1.67. The number of ether oxygens (including phenoxy) is 2. The fourth-order valence-corrected chi connectivity index (χ4v) is 2.87. The summed E-state index contributed by atoms with van der Waals surface area (Å²) < 4.78 is 10.5. The minimum Gasteiger partial charge on any atom is -0.497 e. The first-order valence-electron chi connectivity index (χ1n) is 6.18. The summed E-state index contributed by atoms with van der Waals surface area (Å²) in [5, 5.41) is 6.68. The van der Waals surface area contributed by atoms with Gasteiger partial charge in [-0.2, -0.15) is 0 Å². The fraction of sp³-hybridized carbons (Fsp3) is 0.357. The maximum Gasteiger partial charge on any atom is 0.118 e. The standard InChI is InChI=1S/C14H16N2O2S/c1-17-12-4-2-11(3-5-12)8-16-14(9-18-10-14)13-15-6-7-19-13/h2-7,16H,8-10H2,1H3. The highest BCUT2D eigenvalue weighted by atomic mass is 32.1. The zero-order valence-corrected chi connectivity index (χ0v) is 11.6. The monoisotopic (exact) mass is 276 g/mol. The normalized spacial score (nSPS) is 16.9. The van der Waals surface area contributed by atoms with E-state index in [2.05, 4.69) is 22.4 Å². The molecule has 1 saturated heterocycles. The van der Waals surface area contributed by atoms with Crippen LogP contribution in [-0.4, -0.2) is 25.3 Å². The van der Waals surface area contributed by atoms with E-state index >= 15 is 0 Å². The van der Waals surface area contributed by atoms with Crippen molar-refractivity contribution in [2.45, 2.75) is 12.1 Å². The molecule has 2 heterocycles. The smallest absolute Gasteiger partial charge is 0.118 e. The molecule has 0 aliphatic carbocycles. The van der Waals surface area contributed by atoms with Gasteiger partial charge in [0.1, 0.15) is 16.3 Å². The summed E-state index contributed by atoms with van der Waals surface area (Å²) in [5.41, 5.74) is 1.12. The molecular formula is C14H16N2O2S. The lowest BCUT2D eigenvalue weighted by Gasteiger charge is -2.40. The van der Waals surface area contributed by atoms with E-state index in [1.807, 2.05) is 23.7 Å². The van der Waals surface area contributed by atoms with Crippen molar-refractivity contribution in [3.8, 4) is 5.75 Å². The van der Waals surface area contributed by atoms with Crippen LogP contribution in [0.3, 0.4) is 0 Å². The average molecular weight is 276 g/mol. The lowest BCUT2D eigenvalue weighted by atomic mass is 9.98. The van der Waals surface area contributed by atoms with Gasteiger partial charge in [-0.05, 0) is 17.7 Å². The van der Waals surface area contributed by atoms with Gasteiger partial charge in [0.2, 0.25) is 0 Å². The first-order valence-corrected chi connectivity index (χ1v) is 7.06. The maximum absolute atomic E-state index is 5.37. The van der Waals surface area contributed by atoms with Crippen molar-refractivity contribution < 1.29 is 9.47 Å². The largest absolute Gasteiger partial charge is 0.497 e. The number of hydrogen-bond acceptors (Lipinski definition) is 5. The maximum atomic E-state index is 5.37. The molecule has 0 unspecified atom stereocenters. The molecule has 3 rings (SSSR count). The van der Waals surface area contributed by atoms with Crippen LogP contribution in [0.2, 0.25) is 0 Å². The zero-order chi connectivity index (χ0) is 13.1. The van der Waals surface area contributed by atoms with Gasteiger partial charge in [-0.25, -0.2) is 4.98 Å². The molecule has 0 radical (unpaired) electrons. The van der Waals surface area contributed by atoms with Gasteiger partial charge < -0.3 is 9.47 Å². The highest BCUT2D eigenvalue weighted by Gasteiger charge is 2.42. The Bertz CT molecular complexity index is 521. The Morgan fingerprint density at radius 3 is 2.68 bits per heavy atom. The second kappa shape index (κ2) is 5.28. The molecule has 19 heavy (non-hydrogen) atoms. The average Bonchev–Trinajstić information content (AvgIpc) is 2.93. The molecule has 1 N–H and O–H groups in total. The van der Waals surface area contributed by atoms with Crippen LogP contribution in [-0.2, 0) is 16.8 Å². The molecule has 2 aromatic rings. The number of aromatic nitrogens is 1. The summed E-state index contributed by atoms with van der Waals surface area (Å²) in [5.74, 6) is 0.880. The molecule has 4 nitrogen and oxygen atoms in total. The van der Waals surface area contributed by atoms with Gasteiger partial charge in [0.25, 0.3) is 0 Å². The second-order valence-electron chi connectivity index (χ2n) is 4.61. The first kappa shape index (κ1) is 12.6. The Labute approximate surface area is 116 Å². The fourth-order valence-electron chi connectivity index (χ4n) is 2.08.